The van der Waals surface area contributed by atoms with Gasteiger partial charge in [-0.25, -0.2) is 0 Å². The minimum atomic E-state index is -0.335. The number of benzene rings is 1. The van der Waals surface area contributed by atoms with Crippen LogP contribution in [0.2, 0.25) is 0 Å². The van der Waals surface area contributed by atoms with Gasteiger partial charge in [0.2, 0.25) is 0 Å². The predicted octanol–water partition coefficient (Wildman–Crippen LogP) is 2.80. The zero-order valence-corrected chi connectivity index (χ0v) is 11.8. The Bertz CT molecular complexity index is 464. The lowest BCUT2D eigenvalue weighted by Crippen LogP contribution is -2.30. The van der Waals surface area contributed by atoms with Crippen LogP contribution in [0.3, 0.4) is 0 Å². The molecule has 2 N–H and O–H groups in total. The van der Waals surface area contributed by atoms with Gasteiger partial charge in [-0.3, -0.25) is 10.1 Å². The quantitative estimate of drug-likeness (QED) is 0.641. The summed E-state index contributed by atoms with van der Waals surface area (Å²) in [6.45, 7) is 2.74. The van der Waals surface area contributed by atoms with E-state index in [4.69, 9.17) is 0 Å². The van der Waals surface area contributed by atoms with E-state index in [-0.39, 0.29) is 22.8 Å². The lowest BCUT2D eigenvalue weighted by Gasteiger charge is -2.27. The minimum Gasteiger partial charge on any atom is -0.393 e. The molecular formula is C15H22N2O3. The molecule has 0 heterocycles. The molecule has 1 fully saturated rings. The minimum absolute atomic E-state index is 0.0596. The Morgan fingerprint density at radius 2 is 2.20 bits per heavy atom. The van der Waals surface area contributed by atoms with Crippen molar-refractivity contribution in [1.29, 1.82) is 0 Å². The molecule has 20 heavy (non-hydrogen) atoms. The van der Waals surface area contributed by atoms with Crippen molar-refractivity contribution < 1.29 is 10.0 Å². The van der Waals surface area contributed by atoms with Crippen molar-refractivity contribution >= 4 is 5.69 Å². The van der Waals surface area contributed by atoms with Gasteiger partial charge < -0.3 is 10.4 Å². The van der Waals surface area contributed by atoms with Crippen molar-refractivity contribution in [2.75, 3.05) is 6.54 Å². The molecule has 5 nitrogen and oxygen atoms in total. The van der Waals surface area contributed by atoms with Crippen LogP contribution in [0.15, 0.2) is 24.3 Å². The maximum atomic E-state index is 11.0. The average Bonchev–Trinajstić information content (AvgIpc) is 2.45. The smallest absolute Gasteiger partial charge is 0.274 e. The van der Waals surface area contributed by atoms with Crippen LogP contribution in [0, 0.1) is 16.0 Å². The molecule has 0 saturated heterocycles. The first-order valence-electron chi connectivity index (χ1n) is 7.22. The highest BCUT2D eigenvalue weighted by molar-refractivity contribution is 5.41. The highest BCUT2D eigenvalue weighted by Gasteiger charge is 2.22. The number of nitrogens with one attached hydrogen (secondary N) is 1. The third kappa shape index (κ3) is 3.77. The van der Waals surface area contributed by atoms with E-state index in [2.05, 4.69) is 5.32 Å². The second-order valence-electron chi connectivity index (χ2n) is 5.63. The summed E-state index contributed by atoms with van der Waals surface area (Å²) in [7, 11) is 0. The van der Waals surface area contributed by atoms with Gasteiger partial charge >= 0.3 is 0 Å². The number of para-hydroxylation sites is 1. The predicted molar refractivity (Wildman–Crippen MR) is 77.5 cm³/mol. The number of rotatable bonds is 5. The van der Waals surface area contributed by atoms with Crippen LogP contribution in [0.25, 0.3) is 0 Å². The Labute approximate surface area is 119 Å². The van der Waals surface area contributed by atoms with Crippen molar-refractivity contribution in [3.8, 4) is 0 Å². The third-order valence-electron chi connectivity index (χ3n) is 4.07. The van der Waals surface area contributed by atoms with E-state index in [0.717, 1.165) is 32.2 Å². The van der Waals surface area contributed by atoms with E-state index in [1.54, 1.807) is 12.1 Å². The molecule has 2 rings (SSSR count). The molecule has 1 aromatic rings. The molecule has 0 amide bonds. The first-order chi connectivity index (χ1) is 9.58. The Morgan fingerprint density at radius 3 is 2.90 bits per heavy atom. The standard InChI is InChI=1S/C15H22N2O3/c1-11(14-7-2-3-8-15(14)17(19)20)16-10-12-5-4-6-13(18)9-12/h2-3,7-8,11-13,16,18H,4-6,9-10H2,1H3. The van der Waals surface area contributed by atoms with Crippen LogP contribution in [0.1, 0.15) is 44.2 Å². The summed E-state index contributed by atoms with van der Waals surface area (Å²) in [5.41, 5.74) is 0.880. The van der Waals surface area contributed by atoms with Crippen LogP contribution in [-0.2, 0) is 0 Å². The van der Waals surface area contributed by atoms with Gasteiger partial charge in [-0.15, -0.1) is 0 Å². The lowest BCUT2D eigenvalue weighted by atomic mass is 9.87. The number of aliphatic hydroxyl groups is 1. The molecule has 0 radical (unpaired) electrons. The van der Waals surface area contributed by atoms with E-state index in [0.29, 0.717) is 11.5 Å². The van der Waals surface area contributed by atoms with Gasteiger partial charge in [-0.05, 0) is 38.6 Å². The summed E-state index contributed by atoms with van der Waals surface area (Å²) in [6.07, 6.45) is 3.73. The number of aliphatic hydroxyl groups excluding tert-OH is 1. The van der Waals surface area contributed by atoms with Gasteiger partial charge in [0, 0.05) is 17.7 Å². The van der Waals surface area contributed by atoms with E-state index >= 15 is 0 Å². The number of nitro benzene ring substituents is 1. The summed E-state index contributed by atoms with van der Waals surface area (Å²) in [4.78, 5) is 10.7. The number of nitro groups is 1. The zero-order chi connectivity index (χ0) is 14.5. The highest BCUT2D eigenvalue weighted by atomic mass is 16.6. The summed E-state index contributed by atoms with van der Waals surface area (Å²) in [5, 5.41) is 24.1. The molecule has 1 saturated carbocycles. The molecule has 1 aromatic carbocycles. The van der Waals surface area contributed by atoms with Crippen molar-refractivity contribution in [3.05, 3.63) is 39.9 Å². The van der Waals surface area contributed by atoms with Crippen LogP contribution in [0.4, 0.5) is 5.69 Å². The van der Waals surface area contributed by atoms with Crippen molar-refractivity contribution in [1.82, 2.24) is 5.32 Å². The van der Waals surface area contributed by atoms with Crippen molar-refractivity contribution in [2.45, 2.75) is 44.8 Å². The maximum absolute atomic E-state index is 11.0. The van der Waals surface area contributed by atoms with E-state index in [9.17, 15) is 15.2 Å². The Balaban J connectivity index is 1.95. The SMILES string of the molecule is CC(NCC1CCCC(O)C1)c1ccccc1[N+](=O)[O-]. The van der Waals surface area contributed by atoms with Gasteiger partial charge in [-0.2, -0.15) is 0 Å². The van der Waals surface area contributed by atoms with Gasteiger partial charge in [0.1, 0.15) is 0 Å². The summed E-state index contributed by atoms with van der Waals surface area (Å²) in [6, 6.07) is 6.79. The number of hydrogen-bond donors (Lipinski definition) is 2. The number of hydrogen-bond acceptors (Lipinski definition) is 4. The van der Waals surface area contributed by atoms with Gasteiger partial charge in [0.25, 0.3) is 5.69 Å². The summed E-state index contributed by atoms with van der Waals surface area (Å²) < 4.78 is 0. The second-order valence-corrected chi connectivity index (χ2v) is 5.63. The zero-order valence-electron chi connectivity index (χ0n) is 11.8. The summed E-state index contributed by atoms with van der Waals surface area (Å²) >= 11 is 0. The molecule has 1 aliphatic carbocycles. The fourth-order valence-corrected chi connectivity index (χ4v) is 2.92. The molecule has 0 aliphatic heterocycles. The average molecular weight is 278 g/mol. The lowest BCUT2D eigenvalue weighted by molar-refractivity contribution is -0.385. The third-order valence-corrected chi connectivity index (χ3v) is 4.07. The molecular weight excluding hydrogens is 256 g/mol. The molecule has 3 unspecified atom stereocenters. The van der Waals surface area contributed by atoms with Crippen LogP contribution in [0.5, 0.6) is 0 Å². The molecule has 110 valence electrons. The Morgan fingerprint density at radius 1 is 1.45 bits per heavy atom. The van der Waals surface area contributed by atoms with Crippen molar-refractivity contribution in [2.24, 2.45) is 5.92 Å². The molecule has 0 bridgehead atoms. The van der Waals surface area contributed by atoms with E-state index < -0.39 is 0 Å². The van der Waals surface area contributed by atoms with Gasteiger partial charge in [-0.1, -0.05) is 24.6 Å². The molecule has 3 atom stereocenters. The maximum Gasteiger partial charge on any atom is 0.274 e. The molecule has 5 heteroatoms. The Hall–Kier alpha value is -1.46. The van der Waals surface area contributed by atoms with Crippen LogP contribution >= 0.6 is 0 Å². The summed E-state index contributed by atoms with van der Waals surface area (Å²) in [5.74, 6) is 0.462. The van der Waals surface area contributed by atoms with Crippen LogP contribution in [-0.4, -0.2) is 22.7 Å². The van der Waals surface area contributed by atoms with Gasteiger partial charge in [0.15, 0.2) is 0 Å². The molecule has 1 aliphatic rings. The fourth-order valence-electron chi connectivity index (χ4n) is 2.92. The monoisotopic (exact) mass is 278 g/mol. The first kappa shape index (κ1) is 14.9. The van der Waals surface area contributed by atoms with E-state index in [1.165, 1.54) is 6.07 Å². The van der Waals surface area contributed by atoms with Crippen LogP contribution < -0.4 is 5.32 Å². The Kier molecular flexibility index (Phi) is 5.09. The largest absolute Gasteiger partial charge is 0.393 e. The van der Waals surface area contributed by atoms with Crippen molar-refractivity contribution in [3.63, 3.8) is 0 Å². The van der Waals surface area contributed by atoms with Gasteiger partial charge in [0.05, 0.1) is 11.0 Å². The normalized spacial score (nSPS) is 24.3. The fraction of sp³-hybridized carbons (Fsp3) is 0.600. The molecule has 0 spiro atoms. The molecule has 0 aromatic heterocycles. The topological polar surface area (TPSA) is 75.4 Å². The van der Waals surface area contributed by atoms with E-state index in [1.807, 2.05) is 13.0 Å². The first-order valence-corrected chi connectivity index (χ1v) is 7.22. The second kappa shape index (κ2) is 6.81. The number of nitrogens with zero attached hydrogens (tertiary/aromatic N) is 1. The highest BCUT2D eigenvalue weighted by Crippen LogP contribution is 2.27.